The molecule has 6 nitrogen and oxygen atoms in total. The number of amides is 2. The average Bonchev–Trinajstić information content (AvgIpc) is 3.34. The van der Waals surface area contributed by atoms with E-state index in [1.54, 1.807) is 12.0 Å². The first-order valence-electron chi connectivity index (χ1n) is 15.0. The first-order valence-corrected chi connectivity index (χ1v) is 15.8. The van der Waals surface area contributed by atoms with Crippen molar-refractivity contribution in [2.45, 2.75) is 76.5 Å². The van der Waals surface area contributed by atoms with Crippen molar-refractivity contribution in [3.63, 3.8) is 0 Å². The highest BCUT2D eigenvalue weighted by molar-refractivity contribution is 9.10. The van der Waals surface area contributed by atoms with E-state index >= 15 is 0 Å². The maximum absolute atomic E-state index is 14.9. The van der Waals surface area contributed by atoms with Crippen molar-refractivity contribution in [1.82, 2.24) is 14.8 Å². The molecular formula is C35H38BrN3O3. The standard InChI is InChI=1S/C35H38BrN3O3/c1-24-15-16-25-21-31-33(40)39(22-26-20-28(36)17-18-32(26)42-2)35(23-38(31)30(25)19-24,27-11-7-6-8-12-27)34(41)37-29-13-9-4-3-5-10-14-29/h6-8,11-12,15-21,29H,3-5,9-10,13-14,22-23H2,1-2H3,(H,37,41). The molecular weight excluding hydrogens is 590 g/mol. The molecule has 1 N–H and O–H groups in total. The summed E-state index contributed by atoms with van der Waals surface area (Å²) in [5.41, 5.74) is 3.04. The molecule has 7 heteroatoms. The lowest BCUT2D eigenvalue weighted by Gasteiger charge is -2.47. The van der Waals surface area contributed by atoms with E-state index in [2.05, 4.69) is 50.9 Å². The number of ether oxygens (including phenoxy) is 1. The number of aromatic nitrogens is 1. The highest BCUT2D eigenvalue weighted by Gasteiger charge is 2.53. The van der Waals surface area contributed by atoms with Gasteiger partial charge in [0.1, 0.15) is 11.4 Å². The molecule has 1 atom stereocenters. The van der Waals surface area contributed by atoms with Crippen molar-refractivity contribution in [3.8, 4) is 5.75 Å². The molecule has 0 bridgehead atoms. The number of nitrogens with zero attached hydrogens (tertiary/aromatic N) is 2. The van der Waals surface area contributed by atoms with Crippen LogP contribution in [-0.2, 0) is 23.4 Å². The van der Waals surface area contributed by atoms with Gasteiger partial charge in [0.05, 0.1) is 20.2 Å². The molecule has 42 heavy (non-hydrogen) atoms. The van der Waals surface area contributed by atoms with Crippen molar-refractivity contribution in [1.29, 1.82) is 0 Å². The van der Waals surface area contributed by atoms with E-state index in [0.717, 1.165) is 57.7 Å². The predicted molar refractivity (Wildman–Crippen MR) is 170 cm³/mol. The first kappa shape index (κ1) is 28.5. The van der Waals surface area contributed by atoms with E-state index < -0.39 is 5.54 Å². The van der Waals surface area contributed by atoms with Crippen LogP contribution in [0.4, 0.5) is 0 Å². The third-order valence-electron chi connectivity index (χ3n) is 9.01. The largest absolute Gasteiger partial charge is 0.496 e. The van der Waals surface area contributed by atoms with Gasteiger partial charge in [0.15, 0.2) is 5.54 Å². The summed E-state index contributed by atoms with van der Waals surface area (Å²) in [5, 5.41) is 4.46. The van der Waals surface area contributed by atoms with Gasteiger partial charge in [-0.1, -0.05) is 90.5 Å². The van der Waals surface area contributed by atoms with Gasteiger partial charge in [-0.2, -0.15) is 0 Å². The number of methoxy groups -OCH3 is 1. The lowest BCUT2D eigenvalue weighted by Crippen LogP contribution is -2.64. The minimum absolute atomic E-state index is 0.0841. The van der Waals surface area contributed by atoms with Gasteiger partial charge in [-0.3, -0.25) is 9.59 Å². The smallest absolute Gasteiger partial charge is 0.272 e. The van der Waals surface area contributed by atoms with E-state index in [-0.39, 0.29) is 24.4 Å². The summed E-state index contributed by atoms with van der Waals surface area (Å²) in [5.74, 6) is 0.380. The average molecular weight is 629 g/mol. The molecule has 218 valence electrons. The molecule has 0 saturated heterocycles. The normalized spacial score (nSPS) is 19.7. The van der Waals surface area contributed by atoms with Crippen molar-refractivity contribution in [2.24, 2.45) is 0 Å². The summed E-state index contributed by atoms with van der Waals surface area (Å²) in [4.78, 5) is 31.4. The second-order valence-corrected chi connectivity index (χ2v) is 12.7. The Labute approximate surface area is 256 Å². The second-order valence-electron chi connectivity index (χ2n) is 11.8. The third-order valence-corrected chi connectivity index (χ3v) is 9.50. The lowest BCUT2D eigenvalue weighted by atomic mass is 9.83. The highest BCUT2D eigenvalue weighted by Crippen LogP contribution is 2.41. The van der Waals surface area contributed by atoms with Crippen LogP contribution in [-0.4, -0.2) is 34.4 Å². The Bertz CT molecular complexity index is 1610. The van der Waals surface area contributed by atoms with E-state index in [9.17, 15) is 9.59 Å². The maximum atomic E-state index is 14.9. The number of rotatable bonds is 6. The van der Waals surface area contributed by atoms with Gasteiger partial charge in [-0.25, -0.2) is 0 Å². The molecule has 2 aliphatic rings. The molecule has 4 aromatic rings. The zero-order valence-electron chi connectivity index (χ0n) is 24.4. The highest BCUT2D eigenvalue weighted by atomic mass is 79.9. The summed E-state index contributed by atoms with van der Waals surface area (Å²) >= 11 is 3.60. The van der Waals surface area contributed by atoms with Crippen LogP contribution >= 0.6 is 15.9 Å². The van der Waals surface area contributed by atoms with E-state index in [1.807, 2.05) is 54.6 Å². The number of aryl methyl sites for hydroxylation is 1. The fraction of sp³-hybridized carbons (Fsp3) is 0.371. The Hall–Kier alpha value is -3.58. The molecule has 2 amide bonds. The molecule has 3 aromatic carbocycles. The Balaban J connectivity index is 1.54. The molecule has 0 spiro atoms. The Morgan fingerprint density at radius 1 is 0.976 bits per heavy atom. The number of hydrogen-bond donors (Lipinski definition) is 1. The van der Waals surface area contributed by atoms with E-state index in [4.69, 9.17) is 4.74 Å². The molecule has 1 aliphatic carbocycles. The predicted octanol–water partition coefficient (Wildman–Crippen LogP) is 7.50. The SMILES string of the molecule is COc1ccc(Br)cc1CN1C(=O)c2cc3ccc(C)cc3n2CC1(C(=O)NC1CCCCCCC1)c1ccccc1. The number of halogens is 1. The van der Waals surface area contributed by atoms with Crippen LogP contribution < -0.4 is 10.1 Å². The Morgan fingerprint density at radius 3 is 2.45 bits per heavy atom. The van der Waals surface area contributed by atoms with Crippen LogP contribution in [0.5, 0.6) is 5.75 Å². The topological polar surface area (TPSA) is 63.6 Å². The molecule has 1 saturated carbocycles. The Kier molecular flexibility index (Phi) is 8.13. The molecule has 1 aromatic heterocycles. The minimum Gasteiger partial charge on any atom is -0.496 e. The molecule has 6 rings (SSSR count). The van der Waals surface area contributed by atoms with Gasteiger partial charge >= 0.3 is 0 Å². The summed E-state index contributed by atoms with van der Waals surface area (Å²) in [6.07, 6.45) is 7.78. The number of benzene rings is 3. The summed E-state index contributed by atoms with van der Waals surface area (Å²) in [6.45, 7) is 2.59. The zero-order chi connectivity index (χ0) is 29.3. The van der Waals surface area contributed by atoms with Crippen molar-refractivity contribution in [3.05, 3.63) is 99.7 Å². The van der Waals surface area contributed by atoms with Gasteiger partial charge in [0, 0.05) is 27.0 Å². The molecule has 2 heterocycles. The van der Waals surface area contributed by atoms with Crippen LogP contribution in [0, 0.1) is 6.92 Å². The van der Waals surface area contributed by atoms with Crippen molar-refractivity contribution >= 4 is 38.6 Å². The Morgan fingerprint density at radius 2 is 1.71 bits per heavy atom. The van der Waals surface area contributed by atoms with E-state index in [0.29, 0.717) is 18.0 Å². The van der Waals surface area contributed by atoms with Gasteiger partial charge in [0.25, 0.3) is 11.8 Å². The zero-order valence-corrected chi connectivity index (χ0v) is 26.0. The molecule has 0 radical (unpaired) electrons. The monoisotopic (exact) mass is 627 g/mol. The van der Waals surface area contributed by atoms with Crippen LogP contribution in [0.1, 0.15) is 72.1 Å². The van der Waals surface area contributed by atoms with Crippen LogP contribution in [0.2, 0.25) is 0 Å². The fourth-order valence-corrected chi connectivity index (χ4v) is 7.19. The summed E-state index contributed by atoms with van der Waals surface area (Å²) in [6, 6.07) is 23.9. The maximum Gasteiger partial charge on any atom is 0.272 e. The number of carbonyl (C=O) groups excluding carboxylic acids is 2. The quantitative estimate of drug-likeness (QED) is 0.241. The lowest BCUT2D eigenvalue weighted by molar-refractivity contribution is -0.136. The minimum atomic E-state index is -1.27. The van der Waals surface area contributed by atoms with Crippen molar-refractivity contribution in [2.75, 3.05) is 7.11 Å². The number of nitrogens with one attached hydrogen (secondary N) is 1. The van der Waals surface area contributed by atoms with Gasteiger partial charge in [-0.05, 0) is 61.2 Å². The van der Waals surface area contributed by atoms with Crippen molar-refractivity contribution < 1.29 is 14.3 Å². The van der Waals surface area contributed by atoms with Gasteiger partial charge in [-0.15, -0.1) is 0 Å². The van der Waals surface area contributed by atoms with Crippen LogP contribution in [0.25, 0.3) is 10.9 Å². The fourth-order valence-electron chi connectivity index (χ4n) is 6.78. The second kappa shape index (κ2) is 12.0. The van der Waals surface area contributed by atoms with E-state index in [1.165, 1.54) is 19.3 Å². The summed E-state index contributed by atoms with van der Waals surface area (Å²) < 4.78 is 8.67. The van der Waals surface area contributed by atoms with Gasteiger partial charge in [0.2, 0.25) is 0 Å². The van der Waals surface area contributed by atoms with Crippen LogP contribution in [0.15, 0.2) is 77.3 Å². The summed E-state index contributed by atoms with van der Waals surface area (Å²) in [7, 11) is 1.64. The molecule has 1 unspecified atom stereocenters. The van der Waals surface area contributed by atoms with Gasteiger partial charge < -0.3 is 19.5 Å². The number of hydrogen-bond acceptors (Lipinski definition) is 3. The first-order chi connectivity index (χ1) is 20.4. The third kappa shape index (κ3) is 5.24. The number of fused-ring (bicyclic) bond motifs is 3. The van der Waals surface area contributed by atoms with Crippen LogP contribution in [0.3, 0.4) is 0 Å². The number of carbonyl (C=O) groups is 2. The molecule has 1 aliphatic heterocycles. The molecule has 1 fully saturated rings.